The summed E-state index contributed by atoms with van der Waals surface area (Å²) < 4.78 is 27.4. The highest BCUT2D eigenvalue weighted by Gasteiger charge is 2.31. The number of hydrogen-bond acceptors (Lipinski definition) is 3. The van der Waals surface area contributed by atoms with Crippen molar-refractivity contribution in [3.8, 4) is 0 Å². The highest BCUT2D eigenvalue weighted by atomic mass is 19.1. The Morgan fingerprint density at radius 1 is 1.16 bits per heavy atom. The van der Waals surface area contributed by atoms with Gasteiger partial charge in [-0.05, 0) is 12.8 Å². The molecule has 0 aromatic carbocycles. The molecular formula is C12H13F2NO4. The molecule has 1 heterocycles. The van der Waals surface area contributed by atoms with Gasteiger partial charge in [-0.1, -0.05) is 19.3 Å². The van der Waals surface area contributed by atoms with E-state index in [1.54, 1.807) is 0 Å². The summed E-state index contributed by atoms with van der Waals surface area (Å²) in [6, 6.07) is 0. The van der Waals surface area contributed by atoms with Crippen LogP contribution in [0.25, 0.3) is 0 Å². The average Bonchev–Trinajstić information content (AvgIpc) is 2.37. The third-order valence-corrected chi connectivity index (χ3v) is 3.48. The first-order chi connectivity index (χ1) is 8.95. The molecule has 0 aliphatic heterocycles. The molecule has 0 amide bonds. The highest BCUT2D eigenvalue weighted by molar-refractivity contribution is 5.88. The predicted molar refractivity (Wildman–Crippen MR) is 60.6 cm³/mol. The Morgan fingerprint density at radius 3 is 2.26 bits per heavy atom. The number of rotatable bonds is 2. The van der Waals surface area contributed by atoms with Crippen LogP contribution in [-0.4, -0.2) is 21.0 Å². The molecule has 5 nitrogen and oxygen atoms in total. The van der Waals surface area contributed by atoms with Crippen LogP contribution in [0.2, 0.25) is 0 Å². The van der Waals surface area contributed by atoms with Crippen molar-refractivity contribution in [2.24, 2.45) is 0 Å². The minimum atomic E-state index is -1.86. The molecule has 0 radical (unpaired) electrons. The maximum Gasteiger partial charge on any atom is 0.342 e. The van der Waals surface area contributed by atoms with Crippen LogP contribution >= 0.6 is 0 Å². The predicted octanol–water partition coefficient (Wildman–Crippen LogP) is 2.11. The van der Waals surface area contributed by atoms with Crippen LogP contribution in [0.4, 0.5) is 8.78 Å². The standard InChI is InChI=1S/C12H13F2NO4/c13-8-7(12(17)18)9(14)11(16)15(19)10(8)6-4-2-1-3-5-6/h6,19H,1-5H2,(H,17,18). The van der Waals surface area contributed by atoms with E-state index in [-0.39, 0.29) is 4.73 Å². The van der Waals surface area contributed by atoms with E-state index in [1.807, 2.05) is 0 Å². The highest BCUT2D eigenvalue weighted by Crippen LogP contribution is 2.34. The summed E-state index contributed by atoms with van der Waals surface area (Å²) in [5.74, 6) is -5.47. The molecule has 1 saturated carbocycles. The number of nitrogens with zero attached hydrogens (tertiary/aromatic N) is 1. The van der Waals surface area contributed by atoms with Crippen molar-refractivity contribution in [1.82, 2.24) is 4.73 Å². The zero-order chi connectivity index (χ0) is 14.2. The molecular weight excluding hydrogens is 260 g/mol. The second-order valence-electron chi connectivity index (χ2n) is 4.65. The van der Waals surface area contributed by atoms with Crippen LogP contribution in [0, 0.1) is 11.6 Å². The quantitative estimate of drug-likeness (QED) is 0.809. The minimum absolute atomic E-state index is 0.0902. The largest absolute Gasteiger partial charge is 0.477 e. The van der Waals surface area contributed by atoms with Gasteiger partial charge in [-0.3, -0.25) is 4.79 Å². The summed E-state index contributed by atoms with van der Waals surface area (Å²) >= 11 is 0. The van der Waals surface area contributed by atoms with E-state index in [2.05, 4.69) is 0 Å². The van der Waals surface area contributed by atoms with Gasteiger partial charge in [0.25, 0.3) is 0 Å². The molecule has 0 saturated heterocycles. The zero-order valence-electron chi connectivity index (χ0n) is 10.0. The van der Waals surface area contributed by atoms with Gasteiger partial charge in [0.1, 0.15) is 11.3 Å². The molecule has 0 bridgehead atoms. The molecule has 2 N–H and O–H groups in total. The lowest BCUT2D eigenvalue weighted by Gasteiger charge is -2.23. The molecule has 1 fully saturated rings. The Hall–Kier alpha value is -1.92. The third-order valence-electron chi connectivity index (χ3n) is 3.48. The van der Waals surface area contributed by atoms with Crippen molar-refractivity contribution in [3.05, 3.63) is 33.2 Å². The van der Waals surface area contributed by atoms with Gasteiger partial charge in [-0.25, -0.2) is 9.18 Å². The van der Waals surface area contributed by atoms with Crippen LogP contribution in [0.1, 0.15) is 54.1 Å². The molecule has 19 heavy (non-hydrogen) atoms. The van der Waals surface area contributed by atoms with Crippen LogP contribution in [0.3, 0.4) is 0 Å². The molecule has 0 spiro atoms. The zero-order valence-corrected chi connectivity index (χ0v) is 10.0. The van der Waals surface area contributed by atoms with E-state index in [9.17, 15) is 23.6 Å². The number of pyridine rings is 1. The lowest BCUT2D eigenvalue weighted by Crippen LogP contribution is -2.31. The maximum atomic E-state index is 14.1. The fourth-order valence-electron chi connectivity index (χ4n) is 2.54. The van der Waals surface area contributed by atoms with E-state index in [0.717, 1.165) is 19.3 Å². The van der Waals surface area contributed by atoms with Gasteiger partial charge < -0.3 is 10.3 Å². The summed E-state index contributed by atoms with van der Waals surface area (Å²) in [7, 11) is 0. The van der Waals surface area contributed by atoms with Gasteiger partial charge in [-0.15, -0.1) is 4.73 Å². The van der Waals surface area contributed by atoms with Crippen molar-refractivity contribution in [2.75, 3.05) is 0 Å². The molecule has 7 heteroatoms. The van der Waals surface area contributed by atoms with Crippen LogP contribution < -0.4 is 5.56 Å². The third kappa shape index (κ3) is 2.20. The number of hydrogen-bond donors (Lipinski definition) is 2. The summed E-state index contributed by atoms with van der Waals surface area (Å²) in [6.07, 6.45) is 3.60. The maximum absolute atomic E-state index is 14.1. The first-order valence-corrected chi connectivity index (χ1v) is 6.01. The monoisotopic (exact) mass is 273 g/mol. The first kappa shape index (κ1) is 13.5. The normalized spacial score (nSPS) is 16.5. The van der Waals surface area contributed by atoms with Crippen LogP contribution in [0.5, 0.6) is 0 Å². The summed E-state index contributed by atoms with van der Waals surface area (Å²) in [5.41, 5.74) is -3.25. The van der Waals surface area contributed by atoms with E-state index < -0.39 is 40.3 Å². The number of halogens is 2. The fraction of sp³-hybridized carbons (Fsp3) is 0.500. The van der Waals surface area contributed by atoms with Gasteiger partial charge in [0.2, 0.25) is 5.82 Å². The molecule has 0 atom stereocenters. The van der Waals surface area contributed by atoms with E-state index in [4.69, 9.17) is 5.11 Å². The molecule has 1 aromatic rings. The average molecular weight is 273 g/mol. The Balaban J connectivity index is 2.66. The number of aromatic carboxylic acids is 1. The Kier molecular flexibility index (Phi) is 3.55. The number of carbonyl (C=O) groups is 1. The van der Waals surface area contributed by atoms with Crippen molar-refractivity contribution in [1.29, 1.82) is 0 Å². The minimum Gasteiger partial charge on any atom is -0.477 e. The molecule has 0 unspecified atom stereocenters. The Bertz CT molecular complexity index is 576. The van der Waals surface area contributed by atoms with Gasteiger partial charge in [0.05, 0.1) is 0 Å². The van der Waals surface area contributed by atoms with Crippen LogP contribution in [-0.2, 0) is 0 Å². The Morgan fingerprint density at radius 2 is 1.74 bits per heavy atom. The van der Waals surface area contributed by atoms with E-state index in [1.165, 1.54) is 0 Å². The molecule has 1 aliphatic carbocycles. The second-order valence-corrected chi connectivity index (χ2v) is 4.65. The lowest BCUT2D eigenvalue weighted by atomic mass is 9.86. The van der Waals surface area contributed by atoms with Gasteiger partial charge in [0, 0.05) is 5.92 Å². The second kappa shape index (κ2) is 4.99. The number of aromatic nitrogens is 1. The van der Waals surface area contributed by atoms with Crippen molar-refractivity contribution >= 4 is 5.97 Å². The summed E-state index contributed by atoms with van der Waals surface area (Å²) in [5, 5.41) is 18.3. The molecule has 2 rings (SSSR count). The first-order valence-electron chi connectivity index (χ1n) is 6.01. The smallest absolute Gasteiger partial charge is 0.342 e. The van der Waals surface area contributed by atoms with Gasteiger partial charge >= 0.3 is 11.5 Å². The van der Waals surface area contributed by atoms with Crippen LogP contribution in [0.15, 0.2) is 4.79 Å². The van der Waals surface area contributed by atoms with Gasteiger partial charge in [-0.2, -0.15) is 4.39 Å². The van der Waals surface area contributed by atoms with Crippen molar-refractivity contribution in [3.63, 3.8) is 0 Å². The van der Waals surface area contributed by atoms with Crippen molar-refractivity contribution in [2.45, 2.75) is 38.0 Å². The molecule has 104 valence electrons. The SMILES string of the molecule is O=C(O)c1c(F)c(C2CCCCC2)n(O)c(=O)c1F. The fourth-order valence-corrected chi connectivity index (χ4v) is 2.54. The number of carboxylic acids is 1. The van der Waals surface area contributed by atoms with E-state index >= 15 is 0 Å². The lowest BCUT2D eigenvalue weighted by molar-refractivity contribution is 0.0680. The molecule has 1 aliphatic rings. The van der Waals surface area contributed by atoms with E-state index in [0.29, 0.717) is 12.8 Å². The summed E-state index contributed by atoms with van der Waals surface area (Å²) in [4.78, 5) is 22.2. The number of carboxylic acid groups (broad SMARTS) is 1. The topological polar surface area (TPSA) is 79.5 Å². The Labute approximate surface area is 107 Å². The van der Waals surface area contributed by atoms with Crippen molar-refractivity contribution < 1.29 is 23.9 Å². The van der Waals surface area contributed by atoms with Gasteiger partial charge in [0.15, 0.2) is 5.82 Å². The summed E-state index contributed by atoms with van der Waals surface area (Å²) in [6.45, 7) is 0. The molecule has 1 aromatic heterocycles.